The van der Waals surface area contributed by atoms with E-state index in [1.54, 1.807) is 25.2 Å². The molecule has 0 radical (unpaired) electrons. The Hall–Kier alpha value is -1.45. The lowest BCUT2D eigenvalue weighted by Crippen LogP contribution is -2.05. The summed E-state index contributed by atoms with van der Waals surface area (Å²) in [4.78, 5) is 0. The molecular weight excluding hydrogens is 256 g/mol. The number of nitrogens with one attached hydrogen (secondary N) is 1. The van der Waals surface area contributed by atoms with E-state index >= 15 is 0 Å². The fourth-order valence-electron chi connectivity index (χ4n) is 1.81. The number of rotatable bonds is 3. The molecular formula is C14H12ClF2N. The number of hydrogen-bond acceptors (Lipinski definition) is 1. The van der Waals surface area contributed by atoms with Crippen LogP contribution >= 0.6 is 11.6 Å². The minimum atomic E-state index is -0.590. The third-order valence-electron chi connectivity index (χ3n) is 2.67. The minimum absolute atomic E-state index is 0.0459. The monoisotopic (exact) mass is 267 g/mol. The van der Waals surface area contributed by atoms with Crippen LogP contribution in [0.5, 0.6) is 0 Å². The number of benzene rings is 2. The third-order valence-corrected chi connectivity index (χ3v) is 3.02. The highest BCUT2D eigenvalue weighted by Crippen LogP contribution is 2.29. The van der Waals surface area contributed by atoms with E-state index in [0.717, 1.165) is 5.56 Å². The van der Waals surface area contributed by atoms with Crippen LogP contribution in [0.1, 0.15) is 5.56 Å². The summed E-state index contributed by atoms with van der Waals surface area (Å²) in [5.74, 6) is -1.18. The number of halogens is 3. The average molecular weight is 268 g/mol. The first kappa shape index (κ1) is 13.0. The van der Waals surface area contributed by atoms with Crippen molar-refractivity contribution >= 4 is 11.6 Å². The molecule has 18 heavy (non-hydrogen) atoms. The number of hydrogen-bond donors (Lipinski definition) is 1. The fraction of sp³-hybridized carbons (Fsp3) is 0.143. The van der Waals surface area contributed by atoms with Gasteiger partial charge in [0.1, 0.15) is 11.6 Å². The molecule has 0 aromatic heterocycles. The average Bonchev–Trinajstić information content (AvgIpc) is 2.32. The van der Waals surface area contributed by atoms with Gasteiger partial charge in [0, 0.05) is 11.6 Å². The Balaban J connectivity index is 2.49. The van der Waals surface area contributed by atoms with Crippen molar-refractivity contribution in [1.82, 2.24) is 5.32 Å². The first-order valence-electron chi connectivity index (χ1n) is 5.51. The van der Waals surface area contributed by atoms with Gasteiger partial charge < -0.3 is 5.32 Å². The van der Waals surface area contributed by atoms with Crippen molar-refractivity contribution in [1.29, 1.82) is 0 Å². The maximum Gasteiger partial charge on any atom is 0.133 e. The van der Waals surface area contributed by atoms with Crippen molar-refractivity contribution < 1.29 is 8.78 Å². The molecule has 2 rings (SSSR count). The predicted molar refractivity (Wildman–Crippen MR) is 69.6 cm³/mol. The van der Waals surface area contributed by atoms with Gasteiger partial charge in [0.2, 0.25) is 0 Å². The molecule has 4 heteroatoms. The highest BCUT2D eigenvalue weighted by Gasteiger charge is 2.12. The molecule has 94 valence electrons. The summed E-state index contributed by atoms with van der Waals surface area (Å²) in [5.41, 5.74) is 1.28. The van der Waals surface area contributed by atoms with Crippen molar-refractivity contribution in [3.63, 3.8) is 0 Å². The summed E-state index contributed by atoms with van der Waals surface area (Å²) < 4.78 is 27.2. The SMILES string of the molecule is CNCc1ccc(-c2c(F)cccc2F)cc1Cl. The van der Waals surface area contributed by atoms with E-state index in [9.17, 15) is 8.78 Å². The van der Waals surface area contributed by atoms with E-state index in [4.69, 9.17) is 11.6 Å². The topological polar surface area (TPSA) is 12.0 Å². The largest absolute Gasteiger partial charge is 0.316 e. The summed E-state index contributed by atoms with van der Waals surface area (Å²) >= 11 is 6.08. The van der Waals surface area contributed by atoms with E-state index < -0.39 is 11.6 Å². The van der Waals surface area contributed by atoms with Gasteiger partial charge in [0.05, 0.1) is 5.56 Å². The molecule has 0 saturated heterocycles. The highest BCUT2D eigenvalue weighted by atomic mass is 35.5. The molecule has 0 heterocycles. The van der Waals surface area contributed by atoms with Gasteiger partial charge in [-0.1, -0.05) is 29.8 Å². The zero-order chi connectivity index (χ0) is 13.1. The van der Waals surface area contributed by atoms with Gasteiger partial charge >= 0.3 is 0 Å². The van der Waals surface area contributed by atoms with Gasteiger partial charge in [-0.25, -0.2) is 8.78 Å². The van der Waals surface area contributed by atoms with Gasteiger partial charge in [0.15, 0.2) is 0 Å². The molecule has 0 aliphatic carbocycles. The van der Waals surface area contributed by atoms with Gasteiger partial charge in [-0.15, -0.1) is 0 Å². The maximum atomic E-state index is 13.6. The summed E-state index contributed by atoms with van der Waals surface area (Å²) in [5, 5.41) is 3.46. The van der Waals surface area contributed by atoms with Crippen LogP contribution in [-0.2, 0) is 6.54 Å². The van der Waals surface area contributed by atoms with Crippen LogP contribution in [0.3, 0.4) is 0 Å². The van der Waals surface area contributed by atoms with Crippen LogP contribution in [-0.4, -0.2) is 7.05 Å². The standard InChI is InChI=1S/C14H12ClF2N/c1-18-8-10-6-5-9(7-11(10)15)14-12(16)3-2-4-13(14)17/h2-7,18H,8H2,1H3. The van der Waals surface area contributed by atoms with E-state index in [1.807, 2.05) is 0 Å². The molecule has 0 unspecified atom stereocenters. The fourth-order valence-corrected chi connectivity index (χ4v) is 2.06. The quantitative estimate of drug-likeness (QED) is 0.886. The molecule has 1 N–H and O–H groups in total. The summed E-state index contributed by atoms with van der Waals surface area (Å²) in [6.07, 6.45) is 0. The molecule has 0 aliphatic heterocycles. The van der Waals surface area contributed by atoms with Crippen molar-refractivity contribution in [2.24, 2.45) is 0 Å². The second-order valence-corrected chi connectivity index (χ2v) is 4.34. The normalized spacial score (nSPS) is 10.7. The molecule has 0 saturated carbocycles. The van der Waals surface area contributed by atoms with E-state index in [0.29, 0.717) is 17.1 Å². The Kier molecular flexibility index (Phi) is 3.94. The van der Waals surface area contributed by atoms with E-state index in [2.05, 4.69) is 5.32 Å². The molecule has 0 atom stereocenters. The Morgan fingerprint density at radius 3 is 2.33 bits per heavy atom. The highest BCUT2D eigenvalue weighted by molar-refractivity contribution is 6.31. The Bertz CT molecular complexity index is 549. The van der Waals surface area contributed by atoms with Crippen molar-refractivity contribution in [2.75, 3.05) is 7.05 Å². The van der Waals surface area contributed by atoms with Gasteiger partial charge in [-0.2, -0.15) is 0 Å². The zero-order valence-corrected chi connectivity index (χ0v) is 10.6. The first-order chi connectivity index (χ1) is 8.63. The maximum absolute atomic E-state index is 13.6. The zero-order valence-electron chi connectivity index (χ0n) is 9.81. The summed E-state index contributed by atoms with van der Waals surface area (Å²) in [7, 11) is 1.81. The van der Waals surface area contributed by atoms with Crippen molar-refractivity contribution in [3.8, 4) is 11.1 Å². The van der Waals surface area contributed by atoms with Crippen LogP contribution in [0.15, 0.2) is 36.4 Å². The molecule has 0 aliphatic rings. The van der Waals surface area contributed by atoms with Crippen LogP contribution in [0.25, 0.3) is 11.1 Å². The van der Waals surface area contributed by atoms with Crippen LogP contribution in [0, 0.1) is 11.6 Å². The Morgan fingerprint density at radius 2 is 1.78 bits per heavy atom. The third kappa shape index (κ3) is 2.52. The van der Waals surface area contributed by atoms with Crippen LogP contribution in [0.4, 0.5) is 8.78 Å². The van der Waals surface area contributed by atoms with Crippen molar-refractivity contribution in [3.05, 3.63) is 58.6 Å². The molecule has 0 spiro atoms. The Morgan fingerprint density at radius 1 is 1.11 bits per heavy atom. The van der Waals surface area contributed by atoms with E-state index in [-0.39, 0.29) is 5.56 Å². The summed E-state index contributed by atoms with van der Waals surface area (Å²) in [6, 6.07) is 8.81. The van der Waals surface area contributed by atoms with E-state index in [1.165, 1.54) is 18.2 Å². The Labute approximate surface area is 109 Å². The van der Waals surface area contributed by atoms with Crippen LogP contribution < -0.4 is 5.32 Å². The minimum Gasteiger partial charge on any atom is -0.316 e. The van der Waals surface area contributed by atoms with Gasteiger partial charge in [0.25, 0.3) is 0 Å². The smallest absolute Gasteiger partial charge is 0.133 e. The van der Waals surface area contributed by atoms with Gasteiger partial charge in [-0.05, 0) is 36.4 Å². The lowest BCUT2D eigenvalue weighted by Gasteiger charge is -2.08. The summed E-state index contributed by atoms with van der Waals surface area (Å²) in [6.45, 7) is 0.610. The molecule has 0 bridgehead atoms. The molecule has 1 nitrogen and oxygen atoms in total. The predicted octanol–water partition coefficient (Wildman–Crippen LogP) is 4.00. The lowest BCUT2D eigenvalue weighted by molar-refractivity contribution is 0.589. The van der Waals surface area contributed by atoms with Gasteiger partial charge in [-0.3, -0.25) is 0 Å². The lowest BCUT2D eigenvalue weighted by atomic mass is 10.0. The van der Waals surface area contributed by atoms with Crippen LogP contribution in [0.2, 0.25) is 5.02 Å². The molecule has 2 aromatic rings. The first-order valence-corrected chi connectivity index (χ1v) is 5.88. The molecule has 0 fully saturated rings. The second kappa shape index (κ2) is 5.46. The second-order valence-electron chi connectivity index (χ2n) is 3.93. The molecule has 2 aromatic carbocycles. The van der Waals surface area contributed by atoms with Crippen molar-refractivity contribution in [2.45, 2.75) is 6.54 Å². The molecule has 0 amide bonds.